The summed E-state index contributed by atoms with van der Waals surface area (Å²) in [4.78, 5) is 26.0. The van der Waals surface area contributed by atoms with Crippen molar-refractivity contribution in [1.29, 1.82) is 0 Å². The lowest BCUT2D eigenvalue weighted by atomic mass is 10.1. The number of H-pyrrole nitrogens is 1. The summed E-state index contributed by atoms with van der Waals surface area (Å²) in [5.74, 6) is -1.49. The number of ether oxygens (including phenoxy) is 1. The zero-order chi connectivity index (χ0) is 15.2. The van der Waals surface area contributed by atoms with Crippen molar-refractivity contribution >= 4 is 22.8 Å². The minimum atomic E-state index is -1.06. The number of carbonyl (C=O) groups is 2. The number of hydrogen-bond donors (Lipinski definition) is 3. The van der Waals surface area contributed by atoms with Crippen molar-refractivity contribution in [3.05, 3.63) is 36.0 Å². The van der Waals surface area contributed by atoms with E-state index in [1.165, 1.54) is 0 Å². The van der Waals surface area contributed by atoms with Gasteiger partial charge >= 0.3 is 5.97 Å². The lowest BCUT2D eigenvalue weighted by Gasteiger charge is -2.14. The Bertz CT molecular complexity index is 635. The molecule has 0 aliphatic rings. The number of aliphatic carboxylic acids is 1. The van der Waals surface area contributed by atoms with Crippen molar-refractivity contribution in [3.8, 4) is 0 Å². The van der Waals surface area contributed by atoms with Crippen LogP contribution in [0.2, 0.25) is 0 Å². The average Bonchev–Trinajstić information content (AvgIpc) is 2.87. The summed E-state index contributed by atoms with van der Waals surface area (Å²) in [5, 5.41) is 12.7. The quantitative estimate of drug-likeness (QED) is 0.717. The van der Waals surface area contributed by atoms with Gasteiger partial charge in [-0.3, -0.25) is 4.79 Å². The van der Waals surface area contributed by atoms with Crippen LogP contribution in [0.3, 0.4) is 0 Å². The van der Waals surface area contributed by atoms with Crippen molar-refractivity contribution in [2.75, 3.05) is 13.2 Å². The van der Waals surface area contributed by atoms with Gasteiger partial charge in [0.2, 0.25) is 5.91 Å². The van der Waals surface area contributed by atoms with Crippen molar-refractivity contribution in [2.24, 2.45) is 0 Å². The van der Waals surface area contributed by atoms with Gasteiger partial charge in [0.05, 0.1) is 0 Å². The Kier molecular flexibility index (Phi) is 4.94. The standard InChI is InChI=1S/C15H18N2O4/c1-2-21-9-14(18)17-13(15(19)20)7-10-8-16-12-6-4-3-5-11(10)12/h3-6,8,13,16H,2,7,9H2,1H3,(H,17,18)(H,19,20)/t13-/m1/s1. The molecular weight excluding hydrogens is 272 g/mol. The molecule has 6 heteroatoms. The van der Waals surface area contributed by atoms with Crippen LogP contribution >= 0.6 is 0 Å². The van der Waals surface area contributed by atoms with Crippen LogP contribution in [0.15, 0.2) is 30.5 Å². The van der Waals surface area contributed by atoms with E-state index in [4.69, 9.17) is 4.74 Å². The highest BCUT2D eigenvalue weighted by atomic mass is 16.5. The molecule has 0 bridgehead atoms. The van der Waals surface area contributed by atoms with Crippen LogP contribution in [0.1, 0.15) is 12.5 Å². The Morgan fingerprint density at radius 1 is 1.38 bits per heavy atom. The number of fused-ring (bicyclic) bond motifs is 1. The molecule has 0 aliphatic carbocycles. The fourth-order valence-electron chi connectivity index (χ4n) is 2.15. The van der Waals surface area contributed by atoms with Gasteiger partial charge in [-0.25, -0.2) is 4.79 Å². The van der Waals surface area contributed by atoms with Gasteiger partial charge < -0.3 is 20.1 Å². The van der Waals surface area contributed by atoms with Crippen molar-refractivity contribution < 1.29 is 19.4 Å². The molecule has 1 atom stereocenters. The molecule has 2 aromatic rings. The number of para-hydroxylation sites is 1. The molecular formula is C15H18N2O4. The first-order valence-corrected chi connectivity index (χ1v) is 6.76. The highest BCUT2D eigenvalue weighted by Crippen LogP contribution is 2.19. The minimum Gasteiger partial charge on any atom is -0.480 e. The zero-order valence-electron chi connectivity index (χ0n) is 11.8. The first kappa shape index (κ1) is 15.1. The number of hydrogen-bond acceptors (Lipinski definition) is 3. The Labute approximate surface area is 122 Å². The molecule has 112 valence electrons. The molecule has 0 saturated carbocycles. The van der Waals surface area contributed by atoms with Crippen LogP contribution in [-0.4, -0.2) is 41.2 Å². The number of nitrogens with one attached hydrogen (secondary N) is 2. The number of aromatic nitrogens is 1. The van der Waals surface area contributed by atoms with Gasteiger partial charge in [-0.15, -0.1) is 0 Å². The summed E-state index contributed by atoms with van der Waals surface area (Å²) < 4.78 is 4.97. The summed E-state index contributed by atoms with van der Waals surface area (Å²) in [6, 6.07) is 6.66. The molecule has 0 spiro atoms. The van der Waals surface area contributed by atoms with E-state index in [0.29, 0.717) is 6.61 Å². The second-order valence-corrected chi connectivity index (χ2v) is 4.66. The van der Waals surface area contributed by atoms with Gasteiger partial charge in [0.15, 0.2) is 0 Å². The van der Waals surface area contributed by atoms with Crippen LogP contribution in [0.5, 0.6) is 0 Å². The third-order valence-corrected chi connectivity index (χ3v) is 3.17. The number of aromatic amines is 1. The molecule has 1 heterocycles. The highest BCUT2D eigenvalue weighted by molar-refractivity contribution is 5.87. The van der Waals surface area contributed by atoms with Crippen LogP contribution in [0.4, 0.5) is 0 Å². The molecule has 0 unspecified atom stereocenters. The Morgan fingerprint density at radius 2 is 2.14 bits per heavy atom. The first-order valence-electron chi connectivity index (χ1n) is 6.76. The second-order valence-electron chi connectivity index (χ2n) is 4.66. The van der Waals surface area contributed by atoms with E-state index >= 15 is 0 Å². The number of carbonyl (C=O) groups excluding carboxylic acids is 1. The number of carboxylic acids is 1. The third-order valence-electron chi connectivity index (χ3n) is 3.17. The van der Waals surface area contributed by atoms with Crippen LogP contribution in [-0.2, 0) is 20.7 Å². The summed E-state index contributed by atoms with van der Waals surface area (Å²) in [6.45, 7) is 2.05. The fraction of sp³-hybridized carbons (Fsp3) is 0.333. The normalized spacial score (nSPS) is 12.2. The van der Waals surface area contributed by atoms with Crippen LogP contribution in [0.25, 0.3) is 10.9 Å². The molecule has 2 rings (SSSR count). The predicted molar refractivity (Wildman–Crippen MR) is 78.1 cm³/mol. The average molecular weight is 290 g/mol. The van der Waals surface area contributed by atoms with Crippen molar-refractivity contribution in [1.82, 2.24) is 10.3 Å². The summed E-state index contributed by atoms with van der Waals surface area (Å²) in [5.41, 5.74) is 1.80. The van der Waals surface area contributed by atoms with Crippen molar-refractivity contribution in [3.63, 3.8) is 0 Å². The zero-order valence-corrected chi connectivity index (χ0v) is 11.8. The number of rotatable bonds is 7. The molecule has 1 aromatic carbocycles. The van der Waals surface area contributed by atoms with Gasteiger partial charge in [0.25, 0.3) is 0 Å². The molecule has 0 saturated heterocycles. The van der Waals surface area contributed by atoms with Gasteiger partial charge in [-0.2, -0.15) is 0 Å². The Morgan fingerprint density at radius 3 is 2.86 bits per heavy atom. The van der Waals surface area contributed by atoms with Gasteiger partial charge in [-0.1, -0.05) is 18.2 Å². The Balaban J connectivity index is 2.09. The van der Waals surface area contributed by atoms with E-state index in [1.807, 2.05) is 24.3 Å². The topological polar surface area (TPSA) is 91.4 Å². The van der Waals surface area contributed by atoms with Crippen molar-refractivity contribution in [2.45, 2.75) is 19.4 Å². The molecule has 0 aliphatic heterocycles. The minimum absolute atomic E-state index is 0.131. The molecule has 3 N–H and O–H groups in total. The fourth-order valence-corrected chi connectivity index (χ4v) is 2.15. The van der Waals surface area contributed by atoms with Crippen LogP contribution < -0.4 is 5.32 Å². The Hall–Kier alpha value is -2.34. The smallest absolute Gasteiger partial charge is 0.326 e. The first-order chi connectivity index (χ1) is 10.1. The summed E-state index contributed by atoms with van der Waals surface area (Å²) in [6.07, 6.45) is 1.99. The third kappa shape index (κ3) is 3.82. The second kappa shape index (κ2) is 6.90. The number of amides is 1. The largest absolute Gasteiger partial charge is 0.480 e. The molecule has 1 aromatic heterocycles. The highest BCUT2D eigenvalue weighted by Gasteiger charge is 2.21. The monoisotopic (exact) mass is 290 g/mol. The summed E-state index contributed by atoms with van der Waals surface area (Å²) >= 11 is 0. The van der Waals surface area contributed by atoms with E-state index in [2.05, 4.69) is 10.3 Å². The molecule has 21 heavy (non-hydrogen) atoms. The molecule has 6 nitrogen and oxygen atoms in total. The van der Waals surface area contributed by atoms with E-state index in [-0.39, 0.29) is 13.0 Å². The van der Waals surface area contributed by atoms with Gasteiger partial charge in [-0.05, 0) is 18.6 Å². The molecule has 1 amide bonds. The lowest BCUT2D eigenvalue weighted by molar-refractivity contribution is -0.142. The number of benzene rings is 1. The van der Waals surface area contributed by atoms with E-state index in [0.717, 1.165) is 16.5 Å². The SMILES string of the molecule is CCOCC(=O)N[C@H](Cc1c[nH]c2ccccc12)C(=O)O. The van der Waals surface area contributed by atoms with Crippen LogP contribution in [0, 0.1) is 0 Å². The van der Waals surface area contributed by atoms with E-state index in [9.17, 15) is 14.7 Å². The molecule has 0 fully saturated rings. The van der Waals surface area contributed by atoms with Gasteiger partial charge in [0.1, 0.15) is 12.6 Å². The number of carboxylic acid groups (broad SMARTS) is 1. The van der Waals surface area contributed by atoms with Gasteiger partial charge in [0, 0.05) is 30.1 Å². The van der Waals surface area contributed by atoms with E-state index < -0.39 is 17.9 Å². The predicted octanol–water partition coefficient (Wildman–Crippen LogP) is 1.32. The molecule has 0 radical (unpaired) electrons. The lowest BCUT2D eigenvalue weighted by Crippen LogP contribution is -2.43. The maximum Gasteiger partial charge on any atom is 0.326 e. The summed E-state index contributed by atoms with van der Waals surface area (Å²) in [7, 11) is 0. The maximum absolute atomic E-state index is 11.6. The maximum atomic E-state index is 11.6. The van der Waals surface area contributed by atoms with E-state index in [1.54, 1.807) is 13.1 Å².